The lowest BCUT2D eigenvalue weighted by molar-refractivity contribution is 0.0990. The number of rotatable bonds is 5. The van der Waals surface area contributed by atoms with Crippen molar-refractivity contribution in [2.75, 3.05) is 7.11 Å². The van der Waals surface area contributed by atoms with Crippen LogP contribution in [-0.2, 0) is 6.42 Å². The summed E-state index contributed by atoms with van der Waals surface area (Å²) in [4.78, 5) is 22.6. The van der Waals surface area contributed by atoms with Crippen molar-refractivity contribution in [3.63, 3.8) is 0 Å². The molecule has 0 fully saturated rings. The molecular weight excluding hydrogens is 444 g/mol. The van der Waals surface area contributed by atoms with E-state index >= 15 is 0 Å². The Morgan fingerprint density at radius 1 is 0.706 bits per heavy atom. The molecule has 174 valence electrons. The molecular formula is C30H29ClO3. The quantitative estimate of drug-likeness (QED) is 0.280. The van der Waals surface area contributed by atoms with Crippen LogP contribution in [0.15, 0.2) is 109 Å². The Hall–Kier alpha value is -3.69. The zero-order valence-corrected chi connectivity index (χ0v) is 20.5. The van der Waals surface area contributed by atoms with Gasteiger partial charge in [0.2, 0.25) is 0 Å². The van der Waals surface area contributed by atoms with Gasteiger partial charge in [0.1, 0.15) is 5.75 Å². The van der Waals surface area contributed by atoms with Gasteiger partial charge in [0.25, 0.3) is 0 Å². The van der Waals surface area contributed by atoms with Gasteiger partial charge in [0.15, 0.2) is 11.6 Å². The largest absolute Gasteiger partial charge is 0.497 e. The molecule has 3 nitrogen and oxygen atoms in total. The monoisotopic (exact) mass is 472 g/mol. The van der Waals surface area contributed by atoms with Crippen LogP contribution in [-0.4, -0.2) is 18.7 Å². The zero-order chi connectivity index (χ0) is 24.8. The van der Waals surface area contributed by atoms with E-state index in [4.69, 9.17) is 16.3 Å². The van der Waals surface area contributed by atoms with Crippen LogP contribution in [0.5, 0.6) is 5.75 Å². The predicted octanol–water partition coefficient (Wildman–Crippen LogP) is 7.66. The van der Waals surface area contributed by atoms with Gasteiger partial charge < -0.3 is 4.74 Å². The lowest BCUT2D eigenvalue weighted by Gasteiger charge is -2.03. The molecule has 0 bridgehead atoms. The van der Waals surface area contributed by atoms with E-state index in [9.17, 15) is 9.59 Å². The second-order valence-corrected chi connectivity index (χ2v) is 7.97. The lowest BCUT2D eigenvalue weighted by Crippen LogP contribution is -2.02. The minimum atomic E-state index is 0.121. The van der Waals surface area contributed by atoms with Gasteiger partial charge in [-0.3, -0.25) is 9.59 Å². The van der Waals surface area contributed by atoms with Crippen LogP contribution in [0.1, 0.15) is 38.8 Å². The first-order chi connectivity index (χ1) is 16.4. The molecule has 4 aromatic carbocycles. The number of halogens is 1. The molecule has 4 aromatic rings. The van der Waals surface area contributed by atoms with Gasteiger partial charge in [0, 0.05) is 22.6 Å². The van der Waals surface area contributed by atoms with Crippen LogP contribution in [0.2, 0.25) is 5.02 Å². The van der Waals surface area contributed by atoms with E-state index in [1.807, 2.05) is 116 Å². The summed E-state index contributed by atoms with van der Waals surface area (Å²) in [7, 11) is 1.63. The van der Waals surface area contributed by atoms with Crippen molar-refractivity contribution in [2.45, 2.75) is 20.3 Å². The number of hydrogen-bond donors (Lipinski definition) is 0. The van der Waals surface area contributed by atoms with Crippen molar-refractivity contribution in [2.24, 2.45) is 0 Å². The summed E-state index contributed by atoms with van der Waals surface area (Å²) in [6.07, 6.45) is 0.425. The summed E-state index contributed by atoms with van der Waals surface area (Å²) in [6, 6.07) is 33.9. The van der Waals surface area contributed by atoms with Gasteiger partial charge in [-0.1, -0.05) is 102 Å². The molecule has 0 radical (unpaired) electrons. The molecule has 0 saturated carbocycles. The molecule has 0 aromatic heterocycles. The van der Waals surface area contributed by atoms with Crippen molar-refractivity contribution >= 4 is 23.2 Å². The number of carbonyl (C=O) groups is 2. The van der Waals surface area contributed by atoms with Gasteiger partial charge >= 0.3 is 0 Å². The number of Topliss-reactive ketones (excluding diaryl/α,β-unsaturated/α-hetero) is 2. The summed E-state index contributed by atoms with van der Waals surface area (Å²) in [5.41, 5.74) is 3.77. The van der Waals surface area contributed by atoms with Crippen molar-refractivity contribution in [3.05, 3.63) is 136 Å². The second-order valence-electron chi connectivity index (χ2n) is 7.53. The van der Waals surface area contributed by atoms with Crippen molar-refractivity contribution in [1.29, 1.82) is 0 Å². The van der Waals surface area contributed by atoms with Crippen LogP contribution in [0.4, 0.5) is 0 Å². The molecule has 0 N–H and O–H groups in total. The smallest absolute Gasteiger partial charge is 0.167 e. The number of benzene rings is 4. The fourth-order valence-electron chi connectivity index (χ4n) is 2.86. The summed E-state index contributed by atoms with van der Waals surface area (Å²) >= 11 is 5.61. The first-order valence-electron chi connectivity index (χ1n) is 10.9. The van der Waals surface area contributed by atoms with Gasteiger partial charge in [-0.05, 0) is 43.7 Å². The fraction of sp³-hybridized carbons (Fsp3) is 0.133. The molecule has 0 atom stereocenters. The van der Waals surface area contributed by atoms with E-state index in [0.717, 1.165) is 27.5 Å². The first-order valence-corrected chi connectivity index (χ1v) is 11.3. The van der Waals surface area contributed by atoms with Crippen LogP contribution >= 0.6 is 11.6 Å². The van der Waals surface area contributed by atoms with E-state index in [1.165, 1.54) is 5.56 Å². The molecule has 0 spiro atoms. The predicted molar refractivity (Wildman–Crippen MR) is 140 cm³/mol. The number of methoxy groups -OCH3 is 1. The fourth-order valence-corrected chi connectivity index (χ4v) is 2.99. The van der Waals surface area contributed by atoms with Crippen molar-refractivity contribution < 1.29 is 14.3 Å². The lowest BCUT2D eigenvalue weighted by atomic mass is 10.0. The highest BCUT2D eigenvalue weighted by molar-refractivity contribution is 6.30. The topological polar surface area (TPSA) is 43.4 Å². The Balaban J connectivity index is 0.000000201. The van der Waals surface area contributed by atoms with E-state index in [-0.39, 0.29) is 11.6 Å². The molecule has 34 heavy (non-hydrogen) atoms. The molecule has 4 rings (SSSR count). The Morgan fingerprint density at radius 3 is 1.62 bits per heavy atom. The summed E-state index contributed by atoms with van der Waals surface area (Å²) in [6.45, 7) is 3.60. The number of ketones is 2. The SMILES string of the molecule is CC(=O)c1ccccc1.COc1ccc(CC(=O)c2ccccc2)cc1.Cc1ccc(Cl)cc1. The van der Waals surface area contributed by atoms with Gasteiger partial charge in [-0.25, -0.2) is 0 Å². The third-order valence-corrected chi connectivity index (χ3v) is 5.06. The normalized spacial score (nSPS) is 9.53. The Bertz CT molecular complexity index is 1120. The second kappa shape index (κ2) is 14.5. The molecule has 0 amide bonds. The molecule has 0 aliphatic carbocycles. The van der Waals surface area contributed by atoms with E-state index in [0.29, 0.717) is 6.42 Å². The molecule has 0 saturated heterocycles. The maximum atomic E-state index is 11.9. The molecule has 0 heterocycles. The maximum Gasteiger partial charge on any atom is 0.167 e. The zero-order valence-electron chi connectivity index (χ0n) is 19.7. The standard InChI is InChI=1S/C15H14O2.C8H8O.C7H7Cl/c1-17-14-9-7-12(8-10-14)11-15(16)13-5-3-2-4-6-13;1-7(9)8-5-3-2-4-6-8;1-6-2-4-7(8)5-3-6/h2-10H,11H2,1H3;2-6H,1H3;2-5H,1H3. The minimum absolute atomic E-state index is 0.121. The summed E-state index contributed by atoms with van der Waals surface area (Å²) in [5.74, 6) is 1.06. The van der Waals surface area contributed by atoms with Gasteiger partial charge in [-0.2, -0.15) is 0 Å². The van der Waals surface area contributed by atoms with Gasteiger partial charge in [0.05, 0.1) is 7.11 Å². The molecule has 0 aliphatic heterocycles. The average molecular weight is 473 g/mol. The number of aryl methyl sites for hydroxylation is 1. The van der Waals surface area contributed by atoms with Crippen molar-refractivity contribution in [1.82, 2.24) is 0 Å². The van der Waals surface area contributed by atoms with Crippen LogP contribution in [0.25, 0.3) is 0 Å². The third-order valence-electron chi connectivity index (χ3n) is 4.81. The molecule has 4 heteroatoms. The number of carbonyl (C=O) groups excluding carboxylic acids is 2. The maximum absolute atomic E-state index is 11.9. The number of ether oxygens (including phenoxy) is 1. The Kier molecular flexibility index (Phi) is 11.3. The highest BCUT2D eigenvalue weighted by Gasteiger charge is 2.06. The minimum Gasteiger partial charge on any atom is -0.497 e. The Morgan fingerprint density at radius 2 is 1.21 bits per heavy atom. The number of hydrogen-bond acceptors (Lipinski definition) is 3. The summed E-state index contributed by atoms with van der Waals surface area (Å²) in [5, 5.41) is 0.801. The highest BCUT2D eigenvalue weighted by Crippen LogP contribution is 2.13. The van der Waals surface area contributed by atoms with Crippen molar-refractivity contribution in [3.8, 4) is 5.75 Å². The summed E-state index contributed by atoms with van der Waals surface area (Å²) < 4.78 is 5.07. The average Bonchev–Trinajstić information content (AvgIpc) is 2.88. The molecule has 0 aliphatic rings. The van der Waals surface area contributed by atoms with Crippen LogP contribution < -0.4 is 4.74 Å². The van der Waals surface area contributed by atoms with Crippen LogP contribution in [0, 0.1) is 6.92 Å². The highest BCUT2D eigenvalue weighted by atomic mass is 35.5. The van der Waals surface area contributed by atoms with E-state index in [2.05, 4.69) is 0 Å². The van der Waals surface area contributed by atoms with E-state index in [1.54, 1.807) is 14.0 Å². The Labute approximate surface area is 207 Å². The molecule has 0 unspecified atom stereocenters. The van der Waals surface area contributed by atoms with Crippen LogP contribution in [0.3, 0.4) is 0 Å². The van der Waals surface area contributed by atoms with E-state index < -0.39 is 0 Å². The van der Waals surface area contributed by atoms with Gasteiger partial charge in [-0.15, -0.1) is 0 Å². The third kappa shape index (κ3) is 9.85. The first kappa shape index (κ1) is 26.6.